The van der Waals surface area contributed by atoms with Crippen LogP contribution in [0.3, 0.4) is 0 Å². The van der Waals surface area contributed by atoms with E-state index in [0.717, 1.165) is 0 Å². The number of esters is 1. The fraction of sp³-hybridized carbons (Fsp3) is 0.250. The van der Waals surface area contributed by atoms with Crippen LogP contribution in [0.25, 0.3) is 10.8 Å². The molecule has 0 aliphatic heterocycles. The number of hydrogen-bond donors (Lipinski definition) is 2. The third-order valence-corrected chi connectivity index (χ3v) is 3.24. The summed E-state index contributed by atoms with van der Waals surface area (Å²) >= 11 is 0. The summed E-state index contributed by atoms with van der Waals surface area (Å²) in [5, 5.41) is 3.38. The Morgan fingerprint density at radius 2 is 1.92 bits per heavy atom. The molecule has 8 nitrogen and oxygen atoms in total. The van der Waals surface area contributed by atoms with Gasteiger partial charge in [-0.15, -0.1) is 0 Å². The van der Waals surface area contributed by atoms with E-state index in [4.69, 9.17) is 4.74 Å². The molecule has 2 aromatic rings. The second kappa shape index (κ2) is 7.40. The van der Waals surface area contributed by atoms with Crippen molar-refractivity contribution in [1.29, 1.82) is 0 Å². The van der Waals surface area contributed by atoms with E-state index in [1.54, 1.807) is 38.4 Å². The number of amides is 2. The molecule has 2 N–H and O–H groups in total. The monoisotopic (exact) mass is 331 g/mol. The molecule has 8 heteroatoms. The van der Waals surface area contributed by atoms with E-state index in [0.29, 0.717) is 10.8 Å². The predicted molar refractivity (Wildman–Crippen MR) is 86.6 cm³/mol. The van der Waals surface area contributed by atoms with Crippen molar-refractivity contribution >= 4 is 28.6 Å². The molecule has 2 amide bonds. The van der Waals surface area contributed by atoms with Crippen molar-refractivity contribution < 1.29 is 19.1 Å². The average Bonchev–Trinajstić information content (AvgIpc) is 2.57. The number of pyridine rings is 1. The zero-order chi connectivity index (χ0) is 17.7. The van der Waals surface area contributed by atoms with Gasteiger partial charge in [-0.3, -0.25) is 14.4 Å². The summed E-state index contributed by atoms with van der Waals surface area (Å²) in [6, 6.07) is 8.27. The molecule has 0 saturated carbocycles. The Morgan fingerprint density at radius 3 is 2.62 bits per heavy atom. The molecule has 24 heavy (non-hydrogen) atoms. The maximum Gasteiger partial charge on any atom is 0.355 e. The summed E-state index contributed by atoms with van der Waals surface area (Å²) in [6.07, 6.45) is 0. The van der Waals surface area contributed by atoms with Crippen molar-refractivity contribution in [1.82, 2.24) is 15.2 Å². The topological polar surface area (TPSA) is 109 Å². The molecule has 0 radical (unpaired) electrons. The van der Waals surface area contributed by atoms with Crippen LogP contribution in [0.15, 0.2) is 35.1 Å². The van der Waals surface area contributed by atoms with Gasteiger partial charge in [-0.2, -0.15) is 0 Å². The normalized spacial score (nSPS) is 10.2. The van der Waals surface area contributed by atoms with E-state index in [-0.39, 0.29) is 18.1 Å². The van der Waals surface area contributed by atoms with Crippen molar-refractivity contribution in [2.24, 2.45) is 0 Å². The minimum absolute atomic E-state index is 0.0455. The lowest BCUT2D eigenvalue weighted by Gasteiger charge is -2.11. The molecular formula is C16H17N3O5. The first-order chi connectivity index (χ1) is 11.4. The van der Waals surface area contributed by atoms with Crippen LogP contribution in [0.5, 0.6) is 0 Å². The lowest BCUT2D eigenvalue weighted by atomic mass is 10.1. The number of fused-ring (bicyclic) bond motifs is 1. The van der Waals surface area contributed by atoms with Crippen LogP contribution in [-0.4, -0.2) is 54.9 Å². The van der Waals surface area contributed by atoms with Gasteiger partial charge in [0, 0.05) is 19.5 Å². The Labute approximate surface area is 137 Å². The average molecular weight is 331 g/mol. The summed E-state index contributed by atoms with van der Waals surface area (Å²) in [5.74, 6) is -1.72. The van der Waals surface area contributed by atoms with Crippen LogP contribution in [0.2, 0.25) is 0 Å². The third kappa shape index (κ3) is 4.19. The number of nitrogens with one attached hydrogen (secondary N) is 2. The number of nitrogens with zero attached hydrogens (tertiary/aromatic N) is 1. The molecule has 2 rings (SSSR count). The molecule has 0 aliphatic rings. The zero-order valence-electron chi connectivity index (χ0n) is 13.3. The Kier molecular flexibility index (Phi) is 5.31. The molecule has 0 fully saturated rings. The summed E-state index contributed by atoms with van der Waals surface area (Å²) in [5.41, 5.74) is -0.461. The number of benzene rings is 1. The van der Waals surface area contributed by atoms with Gasteiger partial charge in [-0.25, -0.2) is 4.79 Å². The molecule has 1 aromatic heterocycles. The van der Waals surface area contributed by atoms with Gasteiger partial charge in [-0.1, -0.05) is 18.2 Å². The van der Waals surface area contributed by atoms with Crippen LogP contribution >= 0.6 is 0 Å². The summed E-state index contributed by atoms with van der Waals surface area (Å²) in [7, 11) is 3.12. The highest BCUT2D eigenvalue weighted by molar-refractivity contribution is 5.94. The molecule has 0 unspecified atom stereocenters. The number of rotatable bonds is 5. The number of carbonyl (C=O) groups excluding carboxylic acids is 3. The van der Waals surface area contributed by atoms with Crippen molar-refractivity contribution in [3.8, 4) is 0 Å². The van der Waals surface area contributed by atoms with Gasteiger partial charge in [0.15, 0.2) is 6.61 Å². The minimum Gasteiger partial charge on any atom is -0.451 e. The van der Waals surface area contributed by atoms with Crippen LogP contribution < -0.4 is 10.9 Å². The van der Waals surface area contributed by atoms with Crippen molar-refractivity contribution in [2.45, 2.75) is 0 Å². The molecule has 126 valence electrons. The van der Waals surface area contributed by atoms with Crippen molar-refractivity contribution in [2.75, 3.05) is 27.2 Å². The van der Waals surface area contributed by atoms with E-state index in [1.807, 2.05) is 0 Å². The number of likely N-dealkylation sites (N-methyl/N-ethyl adjacent to an activating group) is 1. The molecular weight excluding hydrogens is 314 g/mol. The highest BCUT2D eigenvalue weighted by atomic mass is 16.5. The van der Waals surface area contributed by atoms with E-state index in [9.17, 15) is 19.2 Å². The van der Waals surface area contributed by atoms with Gasteiger partial charge < -0.3 is 19.9 Å². The van der Waals surface area contributed by atoms with Crippen LogP contribution in [-0.2, 0) is 14.3 Å². The van der Waals surface area contributed by atoms with Crippen LogP contribution in [0.4, 0.5) is 0 Å². The first kappa shape index (κ1) is 17.2. The van der Waals surface area contributed by atoms with Gasteiger partial charge >= 0.3 is 5.97 Å². The van der Waals surface area contributed by atoms with Gasteiger partial charge in [-0.05, 0) is 17.5 Å². The number of H-pyrrole nitrogens is 1. The molecule has 0 atom stereocenters. The number of hydrogen-bond acceptors (Lipinski definition) is 5. The minimum atomic E-state index is -0.827. The van der Waals surface area contributed by atoms with Gasteiger partial charge in [0.1, 0.15) is 5.69 Å². The lowest BCUT2D eigenvalue weighted by Crippen LogP contribution is -2.38. The molecule has 1 aromatic carbocycles. The summed E-state index contributed by atoms with van der Waals surface area (Å²) in [4.78, 5) is 50.5. The number of aromatic amines is 1. The Morgan fingerprint density at radius 1 is 1.21 bits per heavy atom. The lowest BCUT2D eigenvalue weighted by molar-refractivity contribution is -0.131. The highest BCUT2D eigenvalue weighted by Gasteiger charge is 2.13. The quantitative estimate of drug-likeness (QED) is 0.743. The first-order valence-electron chi connectivity index (χ1n) is 7.14. The Hall–Kier alpha value is -3.16. The second-order valence-electron chi connectivity index (χ2n) is 5.24. The van der Waals surface area contributed by atoms with Gasteiger partial charge in [0.25, 0.3) is 11.5 Å². The van der Waals surface area contributed by atoms with Gasteiger partial charge in [0.05, 0.1) is 6.54 Å². The Bertz CT molecular complexity index is 841. The number of carbonyl (C=O) groups is 3. The number of ether oxygens (including phenoxy) is 1. The van der Waals surface area contributed by atoms with Crippen LogP contribution in [0.1, 0.15) is 10.5 Å². The maximum atomic E-state index is 11.9. The van der Waals surface area contributed by atoms with E-state index in [1.165, 1.54) is 11.0 Å². The molecule has 0 saturated heterocycles. The fourth-order valence-corrected chi connectivity index (χ4v) is 1.91. The molecule has 0 bridgehead atoms. The standard InChI is InChI=1S/C16H17N3O5/c1-19(2)14(21)8-17-13(20)9-24-16(23)12-7-10-5-3-4-6-11(10)15(22)18-12/h3-7H,8-9H2,1-2H3,(H,17,20)(H,18,22). The summed E-state index contributed by atoms with van der Waals surface area (Å²) in [6.45, 7) is -0.732. The predicted octanol–water partition coefficient (Wildman–Crippen LogP) is -0.111. The first-order valence-corrected chi connectivity index (χ1v) is 7.14. The summed E-state index contributed by atoms with van der Waals surface area (Å²) < 4.78 is 4.84. The van der Waals surface area contributed by atoms with Gasteiger partial charge in [0.2, 0.25) is 5.91 Å². The fourth-order valence-electron chi connectivity index (χ4n) is 1.91. The Balaban J connectivity index is 1.97. The van der Waals surface area contributed by atoms with Crippen molar-refractivity contribution in [3.63, 3.8) is 0 Å². The SMILES string of the molecule is CN(C)C(=O)CNC(=O)COC(=O)c1cc2ccccc2c(=O)[nH]1. The molecule has 0 spiro atoms. The maximum absolute atomic E-state index is 11.9. The second-order valence-corrected chi connectivity index (χ2v) is 5.24. The zero-order valence-corrected chi connectivity index (χ0v) is 13.3. The third-order valence-electron chi connectivity index (χ3n) is 3.24. The smallest absolute Gasteiger partial charge is 0.355 e. The van der Waals surface area contributed by atoms with Crippen LogP contribution in [0, 0.1) is 0 Å². The largest absolute Gasteiger partial charge is 0.451 e. The van der Waals surface area contributed by atoms with E-state index < -0.39 is 24.0 Å². The number of aromatic nitrogens is 1. The molecule has 1 heterocycles. The van der Waals surface area contributed by atoms with Crippen molar-refractivity contribution in [3.05, 3.63) is 46.4 Å². The van der Waals surface area contributed by atoms with E-state index in [2.05, 4.69) is 10.3 Å². The highest BCUT2D eigenvalue weighted by Crippen LogP contribution is 2.10. The molecule has 0 aliphatic carbocycles. The van der Waals surface area contributed by atoms with E-state index >= 15 is 0 Å².